The first-order chi connectivity index (χ1) is 9.24. The van der Waals surface area contributed by atoms with Crippen molar-refractivity contribution in [2.45, 2.75) is 32.4 Å². The number of methoxy groups -OCH3 is 1. The van der Waals surface area contributed by atoms with Gasteiger partial charge in [-0.25, -0.2) is 4.68 Å². The Bertz CT molecular complexity index is 378. The van der Waals surface area contributed by atoms with E-state index in [4.69, 9.17) is 9.47 Å². The number of tetrazole rings is 1. The second-order valence-electron chi connectivity index (χ2n) is 5.01. The summed E-state index contributed by atoms with van der Waals surface area (Å²) in [6, 6.07) is 0.370. The van der Waals surface area contributed by atoms with Crippen LogP contribution in [0.2, 0.25) is 0 Å². The van der Waals surface area contributed by atoms with Crippen LogP contribution >= 0.6 is 0 Å². The van der Waals surface area contributed by atoms with Crippen molar-refractivity contribution in [2.24, 2.45) is 5.92 Å². The van der Waals surface area contributed by atoms with E-state index in [1.165, 1.54) is 0 Å². The molecule has 3 atom stereocenters. The zero-order chi connectivity index (χ0) is 13.7. The molecule has 1 aliphatic heterocycles. The van der Waals surface area contributed by atoms with Crippen molar-refractivity contribution in [3.05, 3.63) is 5.82 Å². The van der Waals surface area contributed by atoms with Crippen LogP contribution in [0.4, 0.5) is 0 Å². The molecule has 7 heteroatoms. The highest BCUT2D eigenvalue weighted by Crippen LogP contribution is 2.26. The Labute approximate surface area is 113 Å². The molecule has 0 radical (unpaired) electrons. The maximum absolute atomic E-state index is 5.44. The molecule has 7 nitrogen and oxygen atoms in total. The largest absolute Gasteiger partial charge is 0.383 e. The number of rotatable bonds is 7. The van der Waals surface area contributed by atoms with Crippen LogP contribution in [0.5, 0.6) is 0 Å². The molecule has 0 aromatic carbocycles. The van der Waals surface area contributed by atoms with Gasteiger partial charge in [0.05, 0.1) is 25.3 Å². The van der Waals surface area contributed by atoms with E-state index in [0.29, 0.717) is 12.5 Å². The molecular formula is C12H23N5O2. The predicted molar refractivity (Wildman–Crippen MR) is 69.7 cm³/mol. The van der Waals surface area contributed by atoms with Gasteiger partial charge in [0.15, 0.2) is 5.82 Å². The number of ether oxygens (including phenoxy) is 2. The second kappa shape index (κ2) is 6.93. The Hall–Kier alpha value is -1.05. The Balaban J connectivity index is 1.99. The zero-order valence-electron chi connectivity index (χ0n) is 11.9. The van der Waals surface area contributed by atoms with Crippen LogP contribution < -0.4 is 5.32 Å². The number of aromatic nitrogens is 4. The molecular weight excluding hydrogens is 246 g/mol. The summed E-state index contributed by atoms with van der Waals surface area (Å²) < 4.78 is 12.4. The second-order valence-corrected chi connectivity index (χ2v) is 5.01. The first-order valence-corrected chi connectivity index (χ1v) is 6.82. The molecule has 19 heavy (non-hydrogen) atoms. The summed E-state index contributed by atoms with van der Waals surface area (Å²) in [5.74, 6) is 1.36. The summed E-state index contributed by atoms with van der Waals surface area (Å²) in [6.45, 7) is 7.32. The van der Waals surface area contributed by atoms with Crippen molar-refractivity contribution >= 4 is 0 Å². The van der Waals surface area contributed by atoms with E-state index in [2.05, 4.69) is 34.7 Å². The third-order valence-corrected chi connectivity index (χ3v) is 3.70. The van der Waals surface area contributed by atoms with Gasteiger partial charge in [-0.2, -0.15) is 0 Å². The molecule has 0 amide bonds. The fraction of sp³-hybridized carbons (Fsp3) is 0.917. The molecule has 1 saturated heterocycles. The average Bonchev–Trinajstić information content (AvgIpc) is 3.09. The van der Waals surface area contributed by atoms with E-state index in [1.807, 2.05) is 4.68 Å². The molecule has 1 N–H and O–H groups in total. The first-order valence-electron chi connectivity index (χ1n) is 6.82. The summed E-state index contributed by atoms with van der Waals surface area (Å²) in [7, 11) is 1.69. The quantitative estimate of drug-likeness (QED) is 0.729. The van der Waals surface area contributed by atoms with Gasteiger partial charge in [0.25, 0.3) is 0 Å². The minimum Gasteiger partial charge on any atom is -0.383 e. The van der Waals surface area contributed by atoms with Crippen molar-refractivity contribution < 1.29 is 9.47 Å². The lowest BCUT2D eigenvalue weighted by Crippen LogP contribution is -2.28. The molecule has 1 aromatic rings. The Morgan fingerprint density at radius 1 is 1.53 bits per heavy atom. The average molecular weight is 269 g/mol. The van der Waals surface area contributed by atoms with Crippen LogP contribution in [0.25, 0.3) is 0 Å². The third-order valence-electron chi connectivity index (χ3n) is 3.70. The van der Waals surface area contributed by atoms with Gasteiger partial charge < -0.3 is 14.8 Å². The SMILES string of the molecule is COCCNC(C)c1nnnn1C(C)C1CCOC1. The zero-order valence-corrected chi connectivity index (χ0v) is 11.9. The maximum atomic E-state index is 5.44. The summed E-state index contributed by atoms with van der Waals surface area (Å²) >= 11 is 0. The van der Waals surface area contributed by atoms with Gasteiger partial charge in [-0.05, 0) is 30.7 Å². The molecule has 108 valence electrons. The first kappa shape index (κ1) is 14.4. The van der Waals surface area contributed by atoms with Crippen LogP contribution in [0.15, 0.2) is 0 Å². The summed E-state index contributed by atoms with van der Waals surface area (Å²) in [5, 5.41) is 15.5. The van der Waals surface area contributed by atoms with E-state index < -0.39 is 0 Å². The molecule has 2 rings (SSSR count). The van der Waals surface area contributed by atoms with Gasteiger partial charge in [0.1, 0.15) is 0 Å². The summed E-state index contributed by atoms with van der Waals surface area (Å²) in [6.07, 6.45) is 1.08. The smallest absolute Gasteiger partial charge is 0.168 e. The standard InChI is InChI=1S/C12H23N5O2/c1-9(13-5-7-18-3)12-14-15-16-17(12)10(2)11-4-6-19-8-11/h9-11,13H,4-8H2,1-3H3. The molecule has 2 heterocycles. The van der Waals surface area contributed by atoms with Crippen molar-refractivity contribution in [3.63, 3.8) is 0 Å². The van der Waals surface area contributed by atoms with Gasteiger partial charge in [0, 0.05) is 26.2 Å². The van der Waals surface area contributed by atoms with E-state index >= 15 is 0 Å². The molecule has 1 aliphatic rings. The van der Waals surface area contributed by atoms with E-state index in [9.17, 15) is 0 Å². The van der Waals surface area contributed by atoms with Crippen LogP contribution in [-0.4, -0.2) is 53.7 Å². The normalized spacial score (nSPS) is 22.6. The van der Waals surface area contributed by atoms with Crippen LogP contribution in [-0.2, 0) is 9.47 Å². The highest BCUT2D eigenvalue weighted by atomic mass is 16.5. The number of hydrogen-bond donors (Lipinski definition) is 1. The molecule has 1 fully saturated rings. The third kappa shape index (κ3) is 3.49. The van der Waals surface area contributed by atoms with Gasteiger partial charge >= 0.3 is 0 Å². The van der Waals surface area contributed by atoms with Crippen LogP contribution in [0.3, 0.4) is 0 Å². The molecule has 0 spiro atoms. The van der Waals surface area contributed by atoms with Gasteiger partial charge in [-0.15, -0.1) is 5.10 Å². The Morgan fingerprint density at radius 3 is 3.05 bits per heavy atom. The van der Waals surface area contributed by atoms with E-state index in [1.54, 1.807) is 7.11 Å². The van der Waals surface area contributed by atoms with Crippen molar-refractivity contribution in [2.75, 3.05) is 33.5 Å². The lowest BCUT2D eigenvalue weighted by atomic mass is 10.0. The van der Waals surface area contributed by atoms with Gasteiger partial charge in [-0.1, -0.05) is 0 Å². The fourth-order valence-electron chi connectivity index (χ4n) is 2.38. The lowest BCUT2D eigenvalue weighted by Gasteiger charge is -2.21. The molecule has 0 saturated carbocycles. The number of nitrogens with one attached hydrogen (secondary N) is 1. The van der Waals surface area contributed by atoms with Gasteiger partial charge in [-0.3, -0.25) is 0 Å². The minimum absolute atomic E-state index is 0.106. The molecule has 0 bridgehead atoms. The number of nitrogens with zero attached hydrogens (tertiary/aromatic N) is 4. The maximum Gasteiger partial charge on any atom is 0.168 e. The van der Waals surface area contributed by atoms with Gasteiger partial charge in [0.2, 0.25) is 0 Å². The van der Waals surface area contributed by atoms with E-state index in [-0.39, 0.29) is 12.1 Å². The van der Waals surface area contributed by atoms with E-state index in [0.717, 1.165) is 32.0 Å². The predicted octanol–water partition coefficient (Wildman–Crippen LogP) is 0.568. The number of hydrogen-bond acceptors (Lipinski definition) is 6. The highest BCUT2D eigenvalue weighted by molar-refractivity contribution is 4.93. The Kier molecular flexibility index (Phi) is 5.24. The Morgan fingerprint density at radius 2 is 2.37 bits per heavy atom. The lowest BCUT2D eigenvalue weighted by molar-refractivity contribution is 0.171. The monoisotopic (exact) mass is 269 g/mol. The molecule has 1 aromatic heterocycles. The topological polar surface area (TPSA) is 74.1 Å². The van der Waals surface area contributed by atoms with Crippen LogP contribution in [0.1, 0.15) is 38.2 Å². The van der Waals surface area contributed by atoms with Crippen molar-refractivity contribution in [1.29, 1.82) is 0 Å². The highest BCUT2D eigenvalue weighted by Gasteiger charge is 2.27. The molecule has 3 unspecified atom stereocenters. The summed E-state index contributed by atoms with van der Waals surface area (Å²) in [4.78, 5) is 0. The molecule has 0 aliphatic carbocycles. The van der Waals surface area contributed by atoms with Crippen molar-refractivity contribution in [3.8, 4) is 0 Å². The minimum atomic E-state index is 0.106. The van der Waals surface area contributed by atoms with Crippen molar-refractivity contribution in [1.82, 2.24) is 25.5 Å². The fourth-order valence-corrected chi connectivity index (χ4v) is 2.38. The summed E-state index contributed by atoms with van der Waals surface area (Å²) in [5.41, 5.74) is 0. The van der Waals surface area contributed by atoms with Crippen LogP contribution in [0, 0.1) is 5.92 Å².